The van der Waals surface area contributed by atoms with E-state index in [-0.39, 0.29) is 39.0 Å². The molecule has 2 heterocycles. The van der Waals surface area contributed by atoms with Gasteiger partial charge in [0, 0.05) is 57.0 Å². The number of esters is 1. The Hall–Kier alpha value is -2.95. The van der Waals surface area contributed by atoms with Crippen molar-refractivity contribution >= 4 is 17.7 Å². The van der Waals surface area contributed by atoms with Gasteiger partial charge in [-0.3, -0.25) is 14.6 Å². The van der Waals surface area contributed by atoms with Crippen molar-refractivity contribution in [2.45, 2.75) is 89.8 Å². The fraction of sp³-hybridized carbons (Fsp3) is 0.733. The van der Waals surface area contributed by atoms with Crippen molar-refractivity contribution in [1.29, 1.82) is 0 Å². The lowest BCUT2D eigenvalue weighted by Crippen LogP contribution is -2.55. The summed E-state index contributed by atoms with van der Waals surface area (Å²) >= 11 is 0. The molecule has 2 saturated heterocycles. The highest BCUT2D eigenvalue weighted by Crippen LogP contribution is 2.38. The molecule has 0 spiro atoms. The molecule has 2 fully saturated rings. The molecule has 1 aromatic carbocycles. The number of ether oxygens (including phenoxy) is 2. The van der Waals surface area contributed by atoms with E-state index in [0.717, 1.165) is 17.0 Å². The number of amides is 1. The number of likely N-dealkylation sites (tertiary alicyclic amines) is 1. The largest absolute Gasteiger partial charge is 0.459 e. The van der Waals surface area contributed by atoms with E-state index in [0.29, 0.717) is 44.0 Å². The van der Waals surface area contributed by atoms with Crippen LogP contribution < -0.4 is 4.90 Å². The third kappa shape index (κ3) is 10.5. The molecule has 1 amide bonds. The van der Waals surface area contributed by atoms with Gasteiger partial charge in [-0.25, -0.2) is 4.79 Å². The summed E-state index contributed by atoms with van der Waals surface area (Å²) in [7, 11) is 0. The van der Waals surface area contributed by atoms with Gasteiger partial charge in [0.05, 0.1) is 12.1 Å². The number of carbonyl (C=O) groups excluding carboxylic acids is 2. The number of nitrogens with zero attached hydrogens (tertiary/aromatic N) is 4. The predicted octanol–water partition coefficient (Wildman–Crippen LogP) is 6.48. The number of piperazine rings is 1. The van der Waals surface area contributed by atoms with Crippen LogP contribution in [0.5, 0.6) is 0 Å². The topological polar surface area (TPSA) is 65.6 Å². The van der Waals surface area contributed by atoms with Crippen molar-refractivity contribution in [3.63, 3.8) is 0 Å². The maximum atomic E-state index is 13.7. The molecule has 268 valence electrons. The summed E-state index contributed by atoms with van der Waals surface area (Å²) in [5, 5.41) is 0. The Morgan fingerprint density at radius 1 is 0.894 bits per heavy atom. The average molecular weight is 693 g/mol. The van der Waals surface area contributed by atoms with Gasteiger partial charge >= 0.3 is 30.6 Å². The first-order valence-electron chi connectivity index (χ1n) is 15.2. The standard InChI is InChI=1S/C30H41F9N4O4/c1-6-43(27(5)9-11-42(12-10-27)25(45)46-24(29(34,35)36)30(37,38)39)18-20-7-8-21(28(31,32)33)17-22(20)41-15-13-40(14-16-41)19-23(44)47-26(2,3)4/h7-8,17,24H,6,9-16,18-19H2,1-5H3. The second-order valence-corrected chi connectivity index (χ2v) is 13.0. The van der Waals surface area contributed by atoms with Crippen LogP contribution in [0.25, 0.3) is 0 Å². The SMILES string of the molecule is CCN(Cc1ccc(C(F)(F)F)cc1N1CCN(CC(=O)OC(C)(C)C)CC1)C1(C)CCN(C(=O)OC(C(F)(F)F)C(F)(F)F)CC1. The van der Waals surface area contributed by atoms with Crippen molar-refractivity contribution in [2.75, 3.05) is 57.3 Å². The Morgan fingerprint density at radius 2 is 1.45 bits per heavy atom. The van der Waals surface area contributed by atoms with Crippen molar-refractivity contribution in [3.8, 4) is 0 Å². The first kappa shape index (κ1) is 38.5. The lowest BCUT2D eigenvalue weighted by atomic mass is 9.87. The number of hydrogen-bond acceptors (Lipinski definition) is 7. The quantitative estimate of drug-likeness (QED) is 0.229. The molecule has 47 heavy (non-hydrogen) atoms. The molecule has 0 saturated carbocycles. The molecule has 2 aliphatic rings. The molecular weight excluding hydrogens is 651 g/mol. The van der Waals surface area contributed by atoms with E-state index in [2.05, 4.69) is 4.74 Å². The van der Waals surface area contributed by atoms with Gasteiger partial charge in [0.15, 0.2) is 0 Å². The highest BCUT2D eigenvalue weighted by atomic mass is 19.4. The molecule has 3 rings (SSSR count). The maximum absolute atomic E-state index is 13.7. The zero-order valence-electron chi connectivity index (χ0n) is 26.9. The van der Waals surface area contributed by atoms with Gasteiger partial charge in [0.25, 0.3) is 6.10 Å². The lowest BCUT2D eigenvalue weighted by Gasteiger charge is -2.47. The molecule has 1 aromatic rings. The van der Waals surface area contributed by atoms with E-state index < -0.39 is 53.4 Å². The number of halogens is 9. The van der Waals surface area contributed by atoms with Crippen molar-refractivity contribution < 1.29 is 58.6 Å². The first-order valence-corrected chi connectivity index (χ1v) is 15.2. The molecule has 0 aliphatic carbocycles. The monoisotopic (exact) mass is 692 g/mol. The minimum atomic E-state index is -5.83. The van der Waals surface area contributed by atoms with Gasteiger partial charge < -0.3 is 19.3 Å². The molecule has 0 atom stereocenters. The summed E-state index contributed by atoms with van der Waals surface area (Å²) in [6.45, 7) is 10.7. The van der Waals surface area contributed by atoms with Crippen LogP contribution in [0.3, 0.4) is 0 Å². The summed E-state index contributed by atoms with van der Waals surface area (Å²) in [4.78, 5) is 31.0. The van der Waals surface area contributed by atoms with E-state index in [1.165, 1.54) is 6.07 Å². The Bertz CT molecular complexity index is 1220. The number of rotatable bonds is 8. The van der Waals surface area contributed by atoms with E-state index in [1.54, 1.807) is 20.8 Å². The number of anilines is 1. The fourth-order valence-electron chi connectivity index (χ4n) is 5.74. The average Bonchev–Trinajstić information content (AvgIpc) is 2.92. The normalized spacial score (nSPS) is 18.6. The number of carbonyl (C=O) groups is 2. The third-order valence-electron chi connectivity index (χ3n) is 8.32. The molecule has 0 unspecified atom stereocenters. The zero-order valence-corrected chi connectivity index (χ0v) is 26.9. The van der Waals surface area contributed by atoms with Crippen LogP contribution in [0.15, 0.2) is 18.2 Å². The van der Waals surface area contributed by atoms with Crippen LogP contribution in [0.4, 0.5) is 50.0 Å². The van der Waals surface area contributed by atoms with Gasteiger partial charge in [-0.2, -0.15) is 39.5 Å². The Morgan fingerprint density at radius 3 is 1.91 bits per heavy atom. The third-order valence-corrected chi connectivity index (χ3v) is 8.32. The number of alkyl halides is 9. The van der Waals surface area contributed by atoms with Crippen LogP contribution >= 0.6 is 0 Å². The maximum Gasteiger partial charge on any atom is 0.434 e. The van der Waals surface area contributed by atoms with E-state index in [4.69, 9.17) is 4.74 Å². The molecule has 0 bridgehead atoms. The Balaban J connectivity index is 1.73. The molecule has 0 aromatic heterocycles. The minimum Gasteiger partial charge on any atom is -0.459 e. The van der Waals surface area contributed by atoms with Crippen LogP contribution in [-0.4, -0.2) is 109 Å². The van der Waals surface area contributed by atoms with Gasteiger partial charge in [-0.05, 0) is 64.8 Å². The second-order valence-electron chi connectivity index (χ2n) is 13.0. The van der Waals surface area contributed by atoms with Gasteiger partial charge in [0.1, 0.15) is 5.60 Å². The highest BCUT2D eigenvalue weighted by Gasteiger charge is 2.60. The zero-order chi connectivity index (χ0) is 35.6. The van der Waals surface area contributed by atoms with Crippen LogP contribution in [0, 0.1) is 0 Å². The molecule has 8 nitrogen and oxygen atoms in total. The Kier molecular flexibility index (Phi) is 11.7. The first-order chi connectivity index (χ1) is 21.4. The van der Waals surface area contributed by atoms with Crippen molar-refractivity contribution in [2.24, 2.45) is 0 Å². The van der Waals surface area contributed by atoms with Crippen molar-refractivity contribution in [1.82, 2.24) is 14.7 Å². The second kappa shape index (κ2) is 14.3. The van der Waals surface area contributed by atoms with E-state index in [1.807, 2.05) is 28.5 Å². The van der Waals surface area contributed by atoms with E-state index >= 15 is 0 Å². The summed E-state index contributed by atoms with van der Waals surface area (Å²) in [5.41, 5.74) is -1.22. The van der Waals surface area contributed by atoms with E-state index in [9.17, 15) is 49.1 Å². The van der Waals surface area contributed by atoms with Gasteiger partial charge in [0.2, 0.25) is 0 Å². The molecule has 0 N–H and O–H groups in total. The molecule has 2 aliphatic heterocycles. The van der Waals surface area contributed by atoms with Crippen LogP contribution in [-0.2, 0) is 27.0 Å². The summed E-state index contributed by atoms with van der Waals surface area (Å²) in [6.07, 6.45) is -21.9. The minimum absolute atomic E-state index is 0.0418. The van der Waals surface area contributed by atoms with Gasteiger partial charge in [-0.1, -0.05) is 13.0 Å². The summed E-state index contributed by atoms with van der Waals surface area (Å²) in [6, 6.07) is 3.48. The summed E-state index contributed by atoms with van der Waals surface area (Å²) in [5.74, 6) is -0.405. The van der Waals surface area contributed by atoms with Gasteiger partial charge in [-0.15, -0.1) is 0 Å². The number of hydrogen-bond donors (Lipinski definition) is 0. The number of piperidine rings is 1. The molecular formula is C30H41F9N4O4. The summed E-state index contributed by atoms with van der Waals surface area (Å²) < 4.78 is 128. The van der Waals surface area contributed by atoms with Crippen LogP contribution in [0.2, 0.25) is 0 Å². The molecule has 0 radical (unpaired) electrons. The van der Waals surface area contributed by atoms with Crippen molar-refractivity contribution in [3.05, 3.63) is 29.3 Å². The highest BCUT2D eigenvalue weighted by molar-refractivity contribution is 5.72. The van der Waals surface area contributed by atoms with Crippen LogP contribution in [0.1, 0.15) is 58.6 Å². The number of benzene rings is 1. The predicted molar refractivity (Wildman–Crippen MR) is 154 cm³/mol. The lowest BCUT2D eigenvalue weighted by molar-refractivity contribution is -0.308. The molecule has 17 heteroatoms. The fourth-order valence-corrected chi connectivity index (χ4v) is 5.74. The smallest absolute Gasteiger partial charge is 0.434 e. The Labute approximate surface area is 267 Å².